The number of carbonyl (C=O) groups is 2. The fraction of sp³-hybridized carbons (Fsp3) is 0.286. The van der Waals surface area contributed by atoms with Crippen LogP contribution in [-0.2, 0) is 17.9 Å². The lowest BCUT2D eigenvalue weighted by Crippen LogP contribution is -2.34. The molecule has 0 saturated carbocycles. The monoisotopic (exact) mass is 490 g/mol. The zero-order chi connectivity index (χ0) is 25.7. The fourth-order valence-corrected chi connectivity index (χ4v) is 4.42. The van der Waals surface area contributed by atoms with Gasteiger partial charge in [-0.1, -0.05) is 30.3 Å². The Labute approximate surface area is 210 Å². The van der Waals surface area contributed by atoms with Gasteiger partial charge in [0, 0.05) is 18.7 Å². The van der Waals surface area contributed by atoms with Gasteiger partial charge in [-0.3, -0.25) is 9.59 Å². The van der Waals surface area contributed by atoms with Crippen LogP contribution in [0.15, 0.2) is 60.7 Å². The maximum atomic E-state index is 13.4. The largest absolute Gasteiger partial charge is 0.497 e. The Hall–Kier alpha value is -4.20. The predicted octanol–water partition coefficient (Wildman–Crippen LogP) is 4.12. The number of hydrogen-bond donors (Lipinski definition) is 1. The lowest BCUT2D eigenvalue weighted by atomic mass is 10.00. The number of hydrogen-bond acceptors (Lipinski definition) is 6. The molecular formula is C28H30N2O6. The zero-order valence-corrected chi connectivity index (χ0v) is 20.9. The van der Waals surface area contributed by atoms with E-state index >= 15 is 0 Å². The van der Waals surface area contributed by atoms with Crippen LogP contribution in [0.4, 0.5) is 0 Å². The Morgan fingerprint density at radius 2 is 1.58 bits per heavy atom. The Morgan fingerprint density at radius 3 is 2.17 bits per heavy atom. The maximum absolute atomic E-state index is 13.4. The minimum atomic E-state index is -0.547. The lowest BCUT2D eigenvalue weighted by molar-refractivity contribution is -0.122. The van der Waals surface area contributed by atoms with Gasteiger partial charge >= 0.3 is 0 Å². The third-order valence-electron chi connectivity index (χ3n) is 6.32. The summed E-state index contributed by atoms with van der Waals surface area (Å²) < 4.78 is 21.7. The average Bonchev–Trinajstić information content (AvgIpc) is 3.25. The maximum Gasteiger partial charge on any atom is 0.255 e. The van der Waals surface area contributed by atoms with Crippen molar-refractivity contribution in [3.63, 3.8) is 0 Å². The first-order valence-corrected chi connectivity index (χ1v) is 11.6. The SMILES string of the molecule is COc1ccc(CNC(=O)CC(c2cc(OC)c(OC)c(OC)c2)N2Cc3ccccc3C2=O)cc1. The highest BCUT2D eigenvalue weighted by Gasteiger charge is 2.35. The summed E-state index contributed by atoms with van der Waals surface area (Å²) >= 11 is 0. The van der Waals surface area contributed by atoms with Crippen molar-refractivity contribution in [3.8, 4) is 23.0 Å². The van der Waals surface area contributed by atoms with Crippen molar-refractivity contribution in [3.05, 3.63) is 82.9 Å². The number of nitrogens with zero attached hydrogens (tertiary/aromatic N) is 1. The van der Waals surface area contributed by atoms with Gasteiger partial charge in [-0.15, -0.1) is 0 Å². The molecule has 0 fully saturated rings. The van der Waals surface area contributed by atoms with Crippen molar-refractivity contribution in [2.75, 3.05) is 28.4 Å². The quantitative estimate of drug-likeness (QED) is 0.460. The van der Waals surface area contributed by atoms with Gasteiger partial charge in [-0.2, -0.15) is 0 Å². The molecule has 0 radical (unpaired) electrons. The van der Waals surface area contributed by atoms with E-state index in [0.717, 1.165) is 16.9 Å². The normalized spacial score (nSPS) is 13.1. The second kappa shape index (κ2) is 11.0. The van der Waals surface area contributed by atoms with Crippen molar-refractivity contribution >= 4 is 11.8 Å². The summed E-state index contributed by atoms with van der Waals surface area (Å²) in [6.45, 7) is 0.765. The molecule has 0 spiro atoms. The van der Waals surface area contributed by atoms with E-state index in [-0.39, 0.29) is 18.2 Å². The van der Waals surface area contributed by atoms with Crippen molar-refractivity contribution in [1.29, 1.82) is 0 Å². The van der Waals surface area contributed by atoms with Crippen molar-refractivity contribution in [2.45, 2.75) is 25.6 Å². The van der Waals surface area contributed by atoms with Gasteiger partial charge in [-0.05, 0) is 47.0 Å². The Kier molecular flexibility index (Phi) is 7.63. The first kappa shape index (κ1) is 24.9. The Bertz CT molecular complexity index is 1220. The predicted molar refractivity (Wildman–Crippen MR) is 135 cm³/mol. The summed E-state index contributed by atoms with van der Waals surface area (Å²) in [6, 6.07) is 18.0. The third kappa shape index (κ3) is 5.07. The molecular weight excluding hydrogens is 460 g/mol. The van der Waals surface area contributed by atoms with Crippen LogP contribution in [0.1, 0.15) is 39.5 Å². The summed E-state index contributed by atoms with van der Waals surface area (Å²) in [7, 11) is 6.21. The minimum Gasteiger partial charge on any atom is -0.497 e. The molecule has 1 atom stereocenters. The number of carbonyl (C=O) groups excluding carboxylic acids is 2. The summed E-state index contributed by atoms with van der Waals surface area (Å²) in [5.74, 6) is 1.81. The van der Waals surface area contributed by atoms with Gasteiger partial charge in [-0.25, -0.2) is 0 Å². The fourth-order valence-electron chi connectivity index (χ4n) is 4.42. The molecule has 1 N–H and O–H groups in total. The van der Waals surface area contributed by atoms with Crippen molar-refractivity contribution in [2.24, 2.45) is 0 Å². The van der Waals surface area contributed by atoms with E-state index in [4.69, 9.17) is 18.9 Å². The van der Waals surface area contributed by atoms with Gasteiger partial charge in [0.15, 0.2) is 11.5 Å². The van der Waals surface area contributed by atoms with Crippen LogP contribution in [0.25, 0.3) is 0 Å². The molecule has 1 unspecified atom stereocenters. The molecule has 3 aromatic rings. The number of fused-ring (bicyclic) bond motifs is 1. The number of ether oxygens (including phenoxy) is 4. The highest BCUT2D eigenvalue weighted by molar-refractivity contribution is 5.99. The van der Waals surface area contributed by atoms with Gasteiger partial charge in [0.05, 0.1) is 40.9 Å². The van der Waals surface area contributed by atoms with Crippen LogP contribution in [0.2, 0.25) is 0 Å². The van der Waals surface area contributed by atoms with E-state index in [1.807, 2.05) is 48.5 Å². The first-order valence-electron chi connectivity index (χ1n) is 11.6. The van der Waals surface area contributed by atoms with Crippen LogP contribution in [-0.4, -0.2) is 45.2 Å². The van der Waals surface area contributed by atoms with Gasteiger partial charge in [0.25, 0.3) is 5.91 Å². The van der Waals surface area contributed by atoms with Crippen LogP contribution >= 0.6 is 0 Å². The molecule has 1 heterocycles. The molecule has 3 aromatic carbocycles. The molecule has 0 aromatic heterocycles. The zero-order valence-electron chi connectivity index (χ0n) is 20.9. The van der Waals surface area contributed by atoms with Gasteiger partial charge in [0.1, 0.15) is 5.75 Å². The summed E-state index contributed by atoms with van der Waals surface area (Å²) in [4.78, 5) is 28.2. The molecule has 0 aliphatic carbocycles. The molecule has 188 valence electrons. The van der Waals surface area contributed by atoms with Gasteiger partial charge < -0.3 is 29.2 Å². The van der Waals surface area contributed by atoms with Gasteiger partial charge in [0.2, 0.25) is 11.7 Å². The van der Waals surface area contributed by atoms with E-state index in [1.165, 1.54) is 21.3 Å². The van der Waals surface area contributed by atoms with E-state index in [1.54, 1.807) is 24.1 Å². The summed E-state index contributed by atoms with van der Waals surface area (Å²) in [6.07, 6.45) is 0.0640. The van der Waals surface area contributed by atoms with Crippen LogP contribution in [0, 0.1) is 0 Å². The highest BCUT2D eigenvalue weighted by Crippen LogP contribution is 2.42. The molecule has 8 nitrogen and oxygen atoms in total. The number of rotatable bonds is 10. The highest BCUT2D eigenvalue weighted by atomic mass is 16.5. The van der Waals surface area contributed by atoms with Crippen LogP contribution in [0.5, 0.6) is 23.0 Å². The molecule has 0 bridgehead atoms. The third-order valence-corrected chi connectivity index (χ3v) is 6.32. The summed E-state index contributed by atoms with van der Waals surface area (Å²) in [5, 5.41) is 2.97. The van der Waals surface area contributed by atoms with Crippen LogP contribution < -0.4 is 24.3 Å². The molecule has 1 aliphatic rings. The van der Waals surface area contributed by atoms with E-state index in [9.17, 15) is 9.59 Å². The second-order valence-electron chi connectivity index (χ2n) is 8.39. The van der Waals surface area contributed by atoms with E-state index in [0.29, 0.717) is 41.5 Å². The average molecular weight is 491 g/mol. The topological polar surface area (TPSA) is 86.3 Å². The smallest absolute Gasteiger partial charge is 0.255 e. The minimum absolute atomic E-state index is 0.0640. The Balaban J connectivity index is 1.62. The Morgan fingerprint density at radius 1 is 0.917 bits per heavy atom. The van der Waals surface area contributed by atoms with Crippen molar-refractivity contribution in [1.82, 2.24) is 10.2 Å². The number of benzene rings is 3. The molecule has 36 heavy (non-hydrogen) atoms. The number of methoxy groups -OCH3 is 4. The first-order chi connectivity index (χ1) is 17.5. The molecule has 1 aliphatic heterocycles. The lowest BCUT2D eigenvalue weighted by Gasteiger charge is -2.29. The number of amides is 2. The molecule has 4 rings (SSSR count). The second-order valence-corrected chi connectivity index (χ2v) is 8.39. The standard InChI is InChI=1S/C28H30N2O6/c1-33-21-11-9-18(10-12-21)16-29-26(31)15-23(30-17-19-7-5-6-8-22(19)28(30)32)20-13-24(34-2)27(36-4)25(14-20)35-3/h5-14,23H,15-17H2,1-4H3,(H,29,31). The number of nitrogens with one attached hydrogen (secondary N) is 1. The van der Waals surface area contributed by atoms with Crippen LogP contribution in [0.3, 0.4) is 0 Å². The molecule has 0 saturated heterocycles. The van der Waals surface area contributed by atoms with E-state index in [2.05, 4.69) is 5.32 Å². The summed E-state index contributed by atoms with van der Waals surface area (Å²) in [5.41, 5.74) is 3.23. The molecule has 2 amide bonds. The van der Waals surface area contributed by atoms with Crippen molar-refractivity contribution < 1.29 is 28.5 Å². The molecule has 8 heteroatoms. The van der Waals surface area contributed by atoms with E-state index < -0.39 is 6.04 Å².